The van der Waals surface area contributed by atoms with E-state index in [0.717, 1.165) is 47.0 Å². The second-order valence-electron chi connectivity index (χ2n) is 7.68. The van der Waals surface area contributed by atoms with Crippen molar-refractivity contribution < 1.29 is 9.47 Å². The van der Waals surface area contributed by atoms with Crippen LogP contribution in [0.3, 0.4) is 0 Å². The van der Waals surface area contributed by atoms with Crippen LogP contribution in [-0.4, -0.2) is 63.4 Å². The van der Waals surface area contributed by atoms with Gasteiger partial charge < -0.3 is 20.2 Å². The predicted molar refractivity (Wildman–Crippen MR) is 128 cm³/mol. The molecule has 0 atom stereocenters. The average Bonchev–Trinajstić information content (AvgIpc) is 3.27. The Labute approximate surface area is 195 Å². The molecule has 33 heavy (non-hydrogen) atoms. The molecule has 0 bridgehead atoms. The molecule has 10 nitrogen and oxygen atoms in total. The summed E-state index contributed by atoms with van der Waals surface area (Å²) >= 11 is 6.29. The van der Waals surface area contributed by atoms with Crippen molar-refractivity contribution in [1.82, 2.24) is 30.0 Å². The van der Waals surface area contributed by atoms with E-state index in [1.54, 1.807) is 7.11 Å². The van der Waals surface area contributed by atoms with E-state index in [2.05, 4.69) is 36.0 Å². The van der Waals surface area contributed by atoms with Gasteiger partial charge >= 0.3 is 0 Å². The first-order chi connectivity index (χ1) is 16.2. The van der Waals surface area contributed by atoms with Gasteiger partial charge in [-0.05, 0) is 24.6 Å². The molecule has 2 N–H and O–H groups in total. The molecular formula is C22H25ClN8O2. The van der Waals surface area contributed by atoms with E-state index < -0.39 is 0 Å². The van der Waals surface area contributed by atoms with Crippen molar-refractivity contribution in [1.29, 1.82) is 0 Å². The lowest BCUT2D eigenvalue weighted by Gasteiger charge is -2.27. The maximum Gasteiger partial charge on any atom is 0.172 e. The van der Waals surface area contributed by atoms with Gasteiger partial charge in [-0.1, -0.05) is 17.7 Å². The monoisotopic (exact) mass is 468 g/mol. The molecule has 0 amide bonds. The number of morpholine rings is 1. The SMILES string of the molecule is CCn1ncc2c3c(NCc4ccc(OC)c(Cl)c4)nnc(NN4CCOCC4)c3cnc21. The Balaban J connectivity index is 1.53. The highest BCUT2D eigenvalue weighted by Crippen LogP contribution is 2.33. The maximum absolute atomic E-state index is 6.29. The molecule has 3 aromatic heterocycles. The lowest BCUT2D eigenvalue weighted by molar-refractivity contribution is 0.0495. The van der Waals surface area contributed by atoms with Crippen molar-refractivity contribution in [3.8, 4) is 5.75 Å². The van der Waals surface area contributed by atoms with Crippen LogP contribution in [0.1, 0.15) is 12.5 Å². The number of aromatic nitrogens is 5. The zero-order valence-corrected chi connectivity index (χ0v) is 19.3. The van der Waals surface area contributed by atoms with Gasteiger partial charge in [0.05, 0.1) is 42.3 Å². The molecule has 0 unspecified atom stereocenters. The lowest BCUT2D eigenvalue weighted by atomic mass is 10.1. The summed E-state index contributed by atoms with van der Waals surface area (Å²) in [6.07, 6.45) is 3.67. The summed E-state index contributed by atoms with van der Waals surface area (Å²) in [5.74, 6) is 1.96. The Bertz CT molecular complexity index is 1290. The van der Waals surface area contributed by atoms with Crippen molar-refractivity contribution >= 4 is 45.0 Å². The van der Waals surface area contributed by atoms with Gasteiger partial charge in [-0.15, -0.1) is 10.2 Å². The molecule has 11 heteroatoms. The largest absolute Gasteiger partial charge is 0.495 e. The molecule has 1 aliphatic rings. The van der Waals surface area contributed by atoms with E-state index in [0.29, 0.717) is 42.2 Å². The molecule has 5 rings (SSSR count). The smallest absolute Gasteiger partial charge is 0.172 e. The number of hydrogen-bond donors (Lipinski definition) is 2. The molecule has 4 aromatic rings. The Morgan fingerprint density at radius 2 is 1.94 bits per heavy atom. The lowest BCUT2D eigenvalue weighted by Crippen LogP contribution is -2.40. The van der Waals surface area contributed by atoms with E-state index in [4.69, 9.17) is 21.1 Å². The molecule has 0 radical (unpaired) electrons. The zero-order chi connectivity index (χ0) is 22.8. The van der Waals surface area contributed by atoms with E-state index in [1.807, 2.05) is 42.2 Å². The number of nitrogens with one attached hydrogen (secondary N) is 2. The number of nitrogens with zero attached hydrogens (tertiary/aromatic N) is 6. The second kappa shape index (κ2) is 9.34. The van der Waals surface area contributed by atoms with Crippen molar-refractivity contribution in [2.75, 3.05) is 44.2 Å². The highest BCUT2D eigenvalue weighted by Gasteiger charge is 2.18. The summed E-state index contributed by atoms with van der Waals surface area (Å²) in [4.78, 5) is 4.67. The standard InChI is InChI=1S/C22H25ClN8O2/c1-3-31-22-16(13-26-31)19-15(12-25-22)20(29-30-6-8-33-9-7-30)27-28-21(19)24-11-14-4-5-18(32-2)17(23)10-14/h4-5,10,12-13H,3,6-9,11H2,1-2H3,(H,24,28)(H,27,29). The van der Waals surface area contributed by atoms with Gasteiger partial charge in [0.1, 0.15) is 5.75 Å². The number of methoxy groups -OCH3 is 1. The average molecular weight is 469 g/mol. The first kappa shape index (κ1) is 21.6. The highest BCUT2D eigenvalue weighted by molar-refractivity contribution is 6.32. The summed E-state index contributed by atoms with van der Waals surface area (Å²) in [5.41, 5.74) is 5.20. The third-order valence-corrected chi connectivity index (χ3v) is 5.95. The maximum atomic E-state index is 6.29. The van der Waals surface area contributed by atoms with Crippen molar-refractivity contribution in [2.24, 2.45) is 0 Å². The number of fused-ring (bicyclic) bond motifs is 3. The molecule has 0 saturated carbocycles. The van der Waals surface area contributed by atoms with E-state index >= 15 is 0 Å². The number of aryl methyl sites for hydroxylation is 1. The minimum atomic E-state index is 0.523. The fourth-order valence-corrected chi connectivity index (χ4v) is 4.21. The van der Waals surface area contributed by atoms with Gasteiger partial charge in [0.15, 0.2) is 17.3 Å². The molecule has 1 saturated heterocycles. The topological polar surface area (TPSA) is 102 Å². The fraction of sp³-hybridized carbons (Fsp3) is 0.364. The molecule has 172 valence electrons. The number of rotatable bonds is 7. The minimum Gasteiger partial charge on any atom is -0.495 e. The van der Waals surface area contributed by atoms with Crippen LogP contribution in [0.25, 0.3) is 21.8 Å². The van der Waals surface area contributed by atoms with Crippen LogP contribution in [0.15, 0.2) is 30.6 Å². The van der Waals surface area contributed by atoms with Crippen molar-refractivity contribution in [2.45, 2.75) is 20.0 Å². The van der Waals surface area contributed by atoms with Crippen LogP contribution in [-0.2, 0) is 17.8 Å². The minimum absolute atomic E-state index is 0.523. The molecule has 4 heterocycles. The number of anilines is 2. The van der Waals surface area contributed by atoms with Crippen molar-refractivity contribution in [3.63, 3.8) is 0 Å². The Hall–Kier alpha value is -3.21. The normalized spacial score (nSPS) is 14.6. The van der Waals surface area contributed by atoms with Gasteiger partial charge in [-0.2, -0.15) is 5.10 Å². The Morgan fingerprint density at radius 3 is 2.70 bits per heavy atom. The van der Waals surface area contributed by atoms with Gasteiger partial charge in [0.2, 0.25) is 0 Å². The Kier molecular flexibility index (Phi) is 6.12. The molecule has 1 fully saturated rings. The third kappa shape index (κ3) is 4.24. The van der Waals surface area contributed by atoms with Crippen LogP contribution in [0.2, 0.25) is 5.02 Å². The Morgan fingerprint density at radius 1 is 1.12 bits per heavy atom. The first-order valence-corrected chi connectivity index (χ1v) is 11.2. The number of benzene rings is 1. The molecule has 1 aromatic carbocycles. The zero-order valence-electron chi connectivity index (χ0n) is 18.5. The van der Waals surface area contributed by atoms with E-state index in [-0.39, 0.29) is 0 Å². The van der Waals surface area contributed by atoms with Gasteiger partial charge in [-0.3, -0.25) is 0 Å². The number of pyridine rings is 1. The van der Waals surface area contributed by atoms with Crippen LogP contribution in [0.5, 0.6) is 5.75 Å². The summed E-state index contributed by atoms with van der Waals surface area (Å²) in [5, 5.41) is 22.3. The molecular weight excluding hydrogens is 444 g/mol. The number of halogens is 1. The number of hydrogen-bond acceptors (Lipinski definition) is 9. The fourth-order valence-electron chi connectivity index (χ4n) is 3.93. The molecule has 0 aliphatic carbocycles. The molecule has 1 aliphatic heterocycles. The second-order valence-corrected chi connectivity index (χ2v) is 8.08. The van der Waals surface area contributed by atoms with Crippen molar-refractivity contribution in [3.05, 3.63) is 41.2 Å². The van der Waals surface area contributed by atoms with E-state index in [9.17, 15) is 0 Å². The molecule has 0 spiro atoms. The highest BCUT2D eigenvalue weighted by atomic mass is 35.5. The van der Waals surface area contributed by atoms with Gasteiger partial charge in [0, 0.05) is 37.8 Å². The number of hydrazine groups is 1. The van der Waals surface area contributed by atoms with Crippen LogP contribution in [0, 0.1) is 0 Å². The summed E-state index contributed by atoms with van der Waals surface area (Å²) in [7, 11) is 1.60. The van der Waals surface area contributed by atoms with Gasteiger partial charge in [-0.25, -0.2) is 14.7 Å². The predicted octanol–water partition coefficient (Wildman–Crippen LogP) is 3.33. The van der Waals surface area contributed by atoms with Crippen LogP contribution >= 0.6 is 11.6 Å². The summed E-state index contributed by atoms with van der Waals surface area (Å²) in [6.45, 7) is 6.18. The first-order valence-electron chi connectivity index (χ1n) is 10.8. The van der Waals surface area contributed by atoms with Gasteiger partial charge in [0.25, 0.3) is 0 Å². The number of ether oxygens (including phenoxy) is 2. The van der Waals surface area contributed by atoms with Crippen LogP contribution < -0.4 is 15.5 Å². The van der Waals surface area contributed by atoms with Crippen LogP contribution in [0.4, 0.5) is 11.6 Å². The van der Waals surface area contributed by atoms with E-state index in [1.165, 1.54) is 0 Å². The third-order valence-electron chi connectivity index (χ3n) is 5.66. The summed E-state index contributed by atoms with van der Waals surface area (Å²) in [6, 6.07) is 5.70. The quantitative estimate of drug-likeness (QED) is 0.422. The summed E-state index contributed by atoms with van der Waals surface area (Å²) < 4.78 is 12.6.